The molecular formula is C19H22N6O. The maximum absolute atomic E-state index is 12.7. The smallest absolute Gasteiger partial charge is 0.227 e. The van der Waals surface area contributed by atoms with Gasteiger partial charge in [-0.1, -0.05) is 25.1 Å². The van der Waals surface area contributed by atoms with Crippen LogP contribution in [-0.4, -0.2) is 38.8 Å². The molecule has 3 heterocycles. The molecule has 0 saturated carbocycles. The van der Waals surface area contributed by atoms with E-state index in [-0.39, 0.29) is 11.8 Å². The summed E-state index contributed by atoms with van der Waals surface area (Å²) in [6.45, 7) is 3.73. The molecule has 7 nitrogen and oxygen atoms in total. The number of para-hydroxylation sites is 1. The van der Waals surface area contributed by atoms with Gasteiger partial charge in [0, 0.05) is 24.7 Å². The van der Waals surface area contributed by atoms with E-state index in [0.717, 1.165) is 49.5 Å². The third kappa shape index (κ3) is 3.24. The van der Waals surface area contributed by atoms with Crippen molar-refractivity contribution in [3.05, 3.63) is 48.3 Å². The van der Waals surface area contributed by atoms with E-state index < -0.39 is 0 Å². The predicted octanol–water partition coefficient (Wildman–Crippen LogP) is 2.54. The van der Waals surface area contributed by atoms with E-state index in [0.29, 0.717) is 0 Å². The SMILES string of the molecule is CCc1ccccc1NC(=O)C1CCN(c2ccc3nncn3n2)CC1. The Bertz CT molecular complexity index is 913. The van der Waals surface area contributed by atoms with E-state index in [1.807, 2.05) is 30.3 Å². The van der Waals surface area contributed by atoms with Crippen molar-refractivity contribution >= 4 is 23.1 Å². The molecule has 1 amide bonds. The number of hydrogen-bond donors (Lipinski definition) is 1. The molecule has 1 aliphatic heterocycles. The highest BCUT2D eigenvalue weighted by atomic mass is 16.1. The van der Waals surface area contributed by atoms with Gasteiger partial charge in [0.1, 0.15) is 12.1 Å². The normalized spacial score (nSPS) is 15.3. The molecule has 3 aromatic rings. The summed E-state index contributed by atoms with van der Waals surface area (Å²) >= 11 is 0. The first-order chi connectivity index (χ1) is 12.7. The van der Waals surface area contributed by atoms with Gasteiger partial charge in [-0.15, -0.1) is 15.3 Å². The molecule has 4 rings (SSSR count). The number of rotatable bonds is 4. The zero-order valence-corrected chi connectivity index (χ0v) is 14.8. The van der Waals surface area contributed by atoms with E-state index in [1.165, 1.54) is 5.56 Å². The Balaban J connectivity index is 1.39. The van der Waals surface area contributed by atoms with Gasteiger partial charge in [0.05, 0.1) is 0 Å². The molecule has 0 unspecified atom stereocenters. The number of hydrogen-bond acceptors (Lipinski definition) is 5. The van der Waals surface area contributed by atoms with Gasteiger partial charge in [0.2, 0.25) is 5.91 Å². The van der Waals surface area contributed by atoms with Crippen LogP contribution in [0.4, 0.5) is 11.5 Å². The number of carbonyl (C=O) groups is 1. The molecule has 2 aromatic heterocycles. The van der Waals surface area contributed by atoms with Gasteiger partial charge >= 0.3 is 0 Å². The molecule has 0 spiro atoms. The van der Waals surface area contributed by atoms with Crippen LogP contribution in [0.3, 0.4) is 0 Å². The number of nitrogens with zero attached hydrogens (tertiary/aromatic N) is 5. The highest BCUT2D eigenvalue weighted by Gasteiger charge is 2.26. The summed E-state index contributed by atoms with van der Waals surface area (Å²) < 4.78 is 1.68. The second kappa shape index (κ2) is 7.11. The minimum Gasteiger partial charge on any atom is -0.355 e. The summed E-state index contributed by atoms with van der Waals surface area (Å²) in [5.74, 6) is 1.05. The minimum absolute atomic E-state index is 0.0369. The van der Waals surface area contributed by atoms with E-state index >= 15 is 0 Å². The Morgan fingerprint density at radius 1 is 1.19 bits per heavy atom. The first-order valence-electron chi connectivity index (χ1n) is 9.05. The maximum atomic E-state index is 12.7. The lowest BCUT2D eigenvalue weighted by molar-refractivity contribution is -0.120. The van der Waals surface area contributed by atoms with Gasteiger partial charge in [-0.3, -0.25) is 4.79 Å². The van der Waals surface area contributed by atoms with Crippen LogP contribution in [0, 0.1) is 5.92 Å². The van der Waals surface area contributed by atoms with Gasteiger partial charge in [0.25, 0.3) is 0 Å². The number of benzene rings is 1. The molecule has 1 saturated heterocycles. The molecule has 0 atom stereocenters. The maximum Gasteiger partial charge on any atom is 0.227 e. The summed E-state index contributed by atoms with van der Waals surface area (Å²) in [5.41, 5.74) is 2.84. The van der Waals surface area contributed by atoms with Gasteiger partial charge in [-0.25, -0.2) is 0 Å². The minimum atomic E-state index is 0.0369. The third-order valence-corrected chi connectivity index (χ3v) is 4.99. The molecule has 0 radical (unpaired) electrons. The van der Waals surface area contributed by atoms with Crippen molar-refractivity contribution < 1.29 is 4.79 Å². The number of aryl methyl sites for hydroxylation is 1. The number of anilines is 2. The van der Waals surface area contributed by atoms with Crippen LogP contribution >= 0.6 is 0 Å². The summed E-state index contributed by atoms with van der Waals surface area (Å²) in [4.78, 5) is 14.9. The molecule has 0 aliphatic carbocycles. The molecule has 1 aromatic carbocycles. The van der Waals surface area contributed by atoms with Crippen LogP contribution in [-0.2, 0) is 11.2 Å². The Morgan fingerprint density at radius 3 is 2.81 bits per heavy atom. The number of piperidine rings is 1. The molecule has 7 heteroatoms. The van der Waals surface area contributed by atoms with Crippen LogP contribution < -0.4 is 10.2 Å². The standard InChI is InChI=1S/C19H22N6O/c1-2-14-5-3-4-6-16(14)21-19(26)15-9-11-24(12-10-15)18-8-7-17-22-20-13-25(17)23-18/h3-8,13,15H,2,9-12H2,1H3,(H,21,26). The second-order valence-electron chi connectivity index (χ2n) is 6.59. The topological polar surface area (TPSA) is 75.4 Å². The molecule has 0 bridgehead atoms. The van der Waals surface area contributed by atoms with Crippen LogP contribution in [0.25, 0.3) is 5.65 Å². The Labute approximate surface area is 152 Å². The Hall–Kier alpha value is -2.96. The van der Waals surface area contributed by atoms with Crippen molar-refractivity contribution in [2.75, 3.05) is 23.3 Å². The number of amides is 1. The summed E-state index contributed by atoms with van der Waals surface area (Å²) in [5, 5.41) is 15.5. The van der Waals surface area contributed by atoms with Crippen LogP contribution in [0.15, 0.2) is 42.7 Å². The van der Waals surface area contributed by atoms with Crippen LogP contribution in [0.2, 0.25) is 0 Å². The summed E-state index contributed by atoms with van der Waals surface area (Å²) in [6.07, 6.45) is 4.15. The quantitative estimate of drug-likeness (QED) is 0.783. The Morgan fingerprint density at radius 2 is 2.00 bits per heavy atom. The Kier molecular flexibility index (Phi) is 4.51. The lowest BCUT2D eigenvalue weighted by atomic mass is 9.95. The zero-order valence-electron chi connectivity index (χ0n) is 14.8. The first-order valence-corrected chi connectivity index (χ1v) is 9.05. The fourth-order valence-electron chi connectivity index (χ4n) is 3.44. The van der Waals surface area contributed by atoms with Gasteiger partial charge in [-0.2, -0.15) is 4.52 Å². The number of aromatic nitrogens is 4. The molecule has 1 aliphatic rings. The molecule has 134 valence electrons. The van der Waals surface area contributed by atoms with Crippen LogP contribution in [0.5, 0.6) is 0 Å². The average molecular weight is 350 g/mol. The first kappa shape index (κ1) is 16.5. The van der Waals surface area contributed by atoms with Crippen molar-refractivity contribution in [1.29, 1.82) is 0 Å². The monoisotopic (exact) mass is 350 g/mol. The fourth-order valence-corrected chi connectivity index (χ4v) is 3.44. The van der Waals surface area contributed by atoms with Gasteiger partial charge in [0.15, 0.2) is 5.65 Å². The summed E-state index contributed by atoms with van der Waals surface area (Å²) in [7, 11) is 0. The van der Waals surface area contributed by atoms with Gasteiger partial charge < -0.3 is 10.2 Å². The second-order valence-corrected chi connectivity index (χ2v) is 6.59. The van der Waals surface area contributed by atoms with E-state index in [4.69, 9.17) is 0 Å². The predicted molar refractivity (Wildman–Crippen MR) is 100 cm³/mol. The molecule has 1 fully saturated rings. The molecule has 26 heavy (non-hydrogen) atoms. The number of nitrogens with one attached hydrogen (secondary N) is 1. The van der Waals surface area contributed by atoms with Crippen molar-refractivity contribution in [1.82, 2.24) is 19.8 Å². The van der Waals surface area contributed by atoms with Gasteiger partial charge in [-0.05, 0) is 43.0 Å². The van der Waals surface area contributed by atoms with Crippen molar-refractivity contribution in [3.8, 4) is 0 Å². The van der Waals surface area contributed by atoms with E-state index in [9.17, 15) is 4.79 Å². The molecular weight excluding hydrogens is 328 g/mol. The van der Waals surface area contributed by atoms with Crippen molar-refractivity contribution in [3.63, 3.8) is 0 Å². The highest BCUT2D eigenvalue weighted by Crippen LogP contribution is 2.24. The van der Waals surface area contributed by atoms with E-state index in [1.54, 1.807) is 10.8 Å². The highest BCUT2D eigenvalue weighted by molar-refractivity contribution is 5.93. The van der Waals surface area contributed by atoms with E-state index in [2.05, 4.69) is 38.5 Å². The fraction of sp³-hybridized carbons (Fsp3) is 0.368. The average Bonchev–Trinajstić information content (AvgIpc) is 3.16. The zero-order chi connectivity index (χ0) is 17.9. The van der Waals surface area contributed by atoms with Crippen molar-refractivity contribution in [2.24, 2.45) is 5.92 Å². The third-order valence-electron chi connectivity index (χ3n) is 4.99. The largest absolute Gasteiger partial charge is 0.355 e. The van der Waals surface area contributed by atoms with Crippen LogP contribution in [0.1, 0.15) is 25.3 Å². The summed E-state index contributed by atoms with van der Waals surface area (Å²) in [6, 6.07) is 11.9. The number of carbonyl (C=O) groups excluding carboxylic acids is 1. The lowest BCUT2D eigenvalue weighted by Crippen LogP contribution is -2.38. The molecule has 1 N–H and O–H groups in total. The lowest BCUT2D eigenvalue weighted by Gasteiger charge is -2.32. The number of fused-ring (bicyclic) bond motifs is 1. The van der Waals surface area contributed by atoms with Crippen molar-refractivity contribution in [2.45, 2.75) is 26.2 Å².